The van der Waals surface area contributed by atoms with Crippen LogP contribution in [0.1, 0.15) is 0 Å². The van der Waals surface area contributed by atoms with Crippen molar-refractivity contribution in [2.24, 2.45) is 0 Å². The van der Waals surface area contributed by atoms with Gasteiger partial charge in [-0.2, -0.15) is 22.0 Å². The second-order valence-corrected chi connectivity index (χ2v) is 3.71. The maximum Gasteiger partial charge on any atom is 0.422 e. The lowest BCUT2D eigenvalue weighted by Gasteiger charge is -2.28. The van der Waals surface area contributed by atoms with Crippen LogP contribution >= 0.6 is 12.9 Å². The molecule has 0 fully saturated rings. The van der Waals surface area contributed by atoms with Gasteiger partial charge in [-0.3, -0.25) is 4.18 Å². The van der Waals surface area contributed by atoms with Gasteiger partial charge in [-0.05, 0) is 12.9 Å². The van der Waals surface area contributed by atoms with Crippen LogP contribution in [-0.2, 0) is 14.3 Å². The molecule has 1 unspecified atom stereocenters. The molecule has 0 aliphatic carbocycles. The van der Waals surface area contributed by atoms with Crippen molar-refractivity contribution in [3.05, 3.63) is 0 Å². The lowest BCUT2D eigenvalue weighted by atomic mass is 10.4. The Kier molecular flexibility index (Phi) is 3.76. The van der Waals surface area contributed by atoms with Gasteiger partial charge >= 0.3 is 11.4 Å². The van der Waals surface area contributed by atoms with Crippen LogP contribution in [0.2, 0.25) is 0 Å². The standard InChI is InChI=1S/C3H3F5O4S2/c4-2(5,6)1(12-13)3(7,8)14(9,10)11/h1,13H,(H,9,10,11)/p-1. The van der Waals surface area contributed by atoms with Gasteiger partial charge in [-0.1, -0.05) is 0 Å². The third-order valence-corrected chi connectivity index (χ3v) is 2.13. The number of thiol groups is 1. The fourth-order valence-corrected chi connectivity index (χ4v) is 1.21. The minimum atomic E-state index is -6.47. The zero-order valence-electron chi connectivity index (χ0n) is 5.96. The van der Waals surface area contributed by atoms with Gasteiger partial charge in [0.2, 0.25) is 6.10 Å². The molecular weight excluding hydrogens is 259 g/mol. The van der Waals surface area contributed by atoms with Crippen LogP contribution in [0.4, 0.5) is 22.0 Å². The van der Waals surface area contributed by atoms with Gasteiger partial charge in [-0.15, -0.1) is 0 Å². The minimum Gasteiger partial charge on any atom is -0.743 e. The van der Waals surface area contributed by atoms with Crippen molar-refractivity contribution in [3.8, 4) is 0 Å². The quantitative estimate of drug-likeness (QED) is 0.355. The summed E-state index contributed by atoms with van der Waals surface area (Å²) in [6.45, 7) is 0. The molecule has 0 N–H and O–H groups in total. The maximum absolute atomic E-state index is 12.3. The monoisotopic (exact) mass is 261 g/mol. The highest BCUT2D eigenvalue weighted by atomic mass is 32.2. The van der Waals surface area contributed by atoms with E-state index in [1.54, 1.807) is 0 Å². The summed E-state index contributed by atoms with van der Waals surface area (Å²) in [5.41, 5.74) is 0. The van der Waals surface area contributed by atoms with Gasteiger partial charge in [0, 0.05) is 0 Å². The molecule has 14 heavy (non-hydrogen) atoms. The third kappa shape index (κ3) is 2.68. The SMILES string of the molecule is O=S(=O)([O-])C(F)(F)C(OS)C(F)(F)F. The van der Waals surface area contributed by atoms with Crippen LogP contribution in [0, 0.1) is 0 Å². The summed E-state index contributed by atoms with van der Waals surface area (Å²) < 4.78 is 91.9. The van der Waals surface area contributed by atoms with E-state index in [1.807, 2.05) is 0 Å². The summed E-state index contributed by atoms with van der Waals surface area (Å²) in [5.74, 6) is 0. The predicted molar refractivity (Wildman–Crippen MR) is 34.6 cm³/mol. The van der Waals surface area contributed by atoms with Crippen molar-refractivity contribution in [2.45, 2.75) is 17.5 Å². The first-order valence-electron chi connectivity index (χ1n) is 2.64. The Hall–Kier alpha value is -0.130. The van der Waals surface area contributed by atoms with E-state index in [0.717, 1.165) is 0 Å². The van der Waals surface area contributed by atoms with Crippen LogP contribution in [0.15, 0.2) is 0 Å². The van der Waals surface area contributed by atoms with Crippen molar-refractivity contribution in [3.63, 3.8) is 0 Å². The van der Waals surface area contributed by atoms with E-state index in [0.29, 0.717) is 0 Å². The Morgan fingerprint density at radius 2 is 1.57 bits per heavy atom. The van der Waals surface area contributed by atoms with E-state index in [9.17, 15) is 34.9 Å². The average Bonchev–Trinajstić information content (AvgIpc) is 1.80. The molecular formula is C3H2F5O4S2-. The van der Waals surface area contributed by atoms with Gasteiger partial charge < -0.3 is 4.55 Å². The van der Waals surface area contributed by atoms with E-state index in [2.05, 4.69) is 17.1 Å². The highest BCUT2D eigenvalue weighted by molar-refractivity contribution is 7.86. The van der Waals surface area contributed by atoms with Crippen molar-refractivity contribution in [2.75, 3.05) is 0 Å². The summed E-state index contributed by atoms with van der Waals surface area (Å²) in [7, 11) is -6.47. The molecule has 11 heteroatoms. The Morgan fingerprint density at radius 3 is 1.64 bits per heavy atom. The molecule has 0 amide bonds. The summed E-state index contributed by atoms with van der Waals surface area (Å²) >= 11 is 2.43. The van der Waals surface area contributed by atoms with Crippen LogP contribution in [0.25, 0.3) is 0 Å². The van der Waals surface area contributed by atoms with Crippen molar-refractivity contribution in [1.29, 1.82) is 0 Å². The van der Waals surface area contributed by atoms with Gasteiger partial charge in [0.1, 0.15) is 0 Å². The summed E-state index contributed by atoms with van der Waals surface area (Å²) in [5, 5.41) is -5.62. The lowest BCUT2D eigenvalue weighted by Crippen LogP contribution is -2.50. The van der Waals surface area contributed by atoms with E-state index >= 15 is 0 Å². The second-order valence-electron chi connectivity index (χ2n) is 2.04. The minimum absolute atomic E-state index is 2.43. The number of hydrogen-bond acceptors (Lipinski definition) is 5. The molecule has 1 atom stereocenters. The van der Waals surface area contributed by atoms with Gasteiger partial charge in [0.25, 0.3) is 0 Å². The van der Waals surface area contributed by atoms with Crippen molar-refractivity contribution in [1.82, 2.24) is 0 Å². The Bertz CT molecular complexity index is 295. The molecule has 0 radical (unpaired) electrons. The average molecular weight is 261 g/mol. The van der Waals surface area contributed by atoms with Crippen LogP contribution in [0.5, 0.6) is 0 Å². The molecule has 4 nitrogen and oxygen atoms in total. The topological polar surface area (TPSA) is 66.4 Å². The second kappa shape index (κ2) is 3.79. The molecule has 86 valence electrons. The molecule has 0 bridgehead atoms. The fraction of sp³-hybridized carbons (Fsp3) is 1.00. The smallest absolute Gasteiger partial charge is 0.422 e. The van der Waals surface area contributed by atoms with E-state index in [4.69, 9.17) is 0 Å². The Labute approximate surface area is 80.4 Å². The zero-order chi connectivity index (χ0) is 11.8. The zero-order valence-corrected chi connectivity index (χ0v) is 7.67. The van der Waals surface area contributed by atoms with E-state index < -0.39 is 27.7 Å². The summed E-state index contributed by atoms with van der Waals surface area (Å²) in [6, 6.07) is 0. The predicted octanol–water partition coefficient (Wildman–Crippen LogP) is 0.917. The largest absolute Gasteiger partial charge is 0.743 e. The third-order valence-electron chi connectivity index (χ3n) is 1.04. The van der Waals surface area contributed by atoms with Gasteiger partial charge in [-0.25, -0.2) is 8.42 Å². The lowest BCUT2D eigenvalue weighted by molar-refractivity contribution is -0.234. The molecule has 0 aromatic carbocycles. The first-order valence-corrected chi connectivity index (χ1v) is 4.42. The first-order chi connectivity index (χ1) is 5.94. The maximum atomic E-state index is 12.3. The van der Waals surface area contributed by atoms with Crippen LogP contribution < -0.4 is 0 Å². The number of halogens is 5. The Morgan fingerprint density at radius 1 is 1.21 bits per heavy atom. The highest BCUT2D eigenvalue weighted by Crippen LogP contribution is 2.38. The van der Waals surface area contributed by atoms with E-state index in [1.165, 1.54) is 0 Å². The molecule has 0 heterocycles. The molecule has 0 aliphatic rings. The van der Waals surface area contributed by atoms with Gasteiger partial charge in [0.05, 0.1) is 0 Å². The molecule has 0 saturated heterocycles. The van der Waals surface area contributed by atoms with Crippen LogP contribution in [0.3, 0.4) is 0 Å². The normalized spacial score (nSPS) is 16.8. The van der Waals surface area contributed by atoms with Crippen molar-refractivity contribution >= 4 is 23.0 Å². The first kappa shape index (κ1) is 13.9. The fourth-order valence-electron chi connectivity index (χ4n) is 0.443. The summed E-state index contributed by atoms with van der Waals surface area (Å²) in [6.07, 6.45) is -9.82. The van der Waals surface area contributed by atoms with Crippen molar-refractivity contribution < 1.29 is 39.1 Å². The molecule has 0 saturated carbocycles. The number of alkyl halides is 5. The molecule has 0 spiro atoms. The summed E-state index contributed by atoms with van der Waals surface area (Å²) in [4.78, 5) is 0. The number of rotatable bonds is 3. The molecule has 0 aromatic rings. The molecule has 0 aliphatic heterocycles. The molecule has 0 aromatic heterocycles. The highest BCUT2D eigenvalue weighted by Gasteiger charge is 2.61. The van der Waals surface area contributed by atoms with E-state index in [-0.39, 0.29) is 0 Å². The van der Waals surface area contributed by atoms with Gasteiger partial charge in [0.15, 0.2) is 10.1 Å². The number of hydrogen-bond donors (Lipinski definition) is 1. The molecule has 0 rings (SSSR count). The van der Waals surface area contributed by atoms with Crippen LogP contribution in [-0.4, -0.2) is 30.5 Å². The Balaban J connectivity index is 5.26.